The summed E-state index contributed by atoms with van der Waals surface area (Å²) in [5.41, 5.74) is 5.93. The molecule has 0 spiro atoms. The summed E-state index contributed by atoms with van der Waals surface area (Å²) >= 11 is 3.37. The summed E-state index contributed by atoms with van der Waals surface area (Å²) in [5.74, 6) is 0.0535. The van der Waals surface area contributed by atoms with Crippen molar-refractivity contribution in [1.82, 2.24) is 4.57 Å². The first-order valence-corrected chi connectivity index (χ1v) is 10.6. The Morgan fingerprint density at radius 2 is 1.73 bits per heavy atom. The third kappa shape index (κ3) is 4.72. The first kappa shape index (κ1) is 21.6. The van der Waals surface area contributed by atoms with Crippen LogP contribution in [0.15, 0.2) is 64.6 Å². The molecule has 0 saturated heterocycles. The minimum atomic E-state index is -0.425. The standard InChI is InChI=1S/C25H24BrN3O/c1-16(2)19-5-11-24(12-6-19)29-17(3)13-20(18(29)4)14-21(15-27)25(30)28-23-9-7-22(26)8-10-23/h5-14,16H,1-4H3,(H,28,30)/b21-14-. The van der Waals surface area contributed by atoms with E-state index >= 15 is 0 Å². The number of aromatic nitrogens is 1. The highest BCUT2D eigenvalue weighted by molar-refractivity contribution is 9.10. The number of anilines is 1. The van der Waals surface area contributed by atoms with E-state index in [0.29, 0.717) is 11.6 Å². The number of nitrogens with one attached hydrogen (secondary N) is 1. The molecule has 30 heavy (non-hydrogen) atoms. The van der Waals surface area contributed by atoms with Crippen LogP contribution in [-0.4, -0.2) is 10.5 Å². The van der Waals surface area contributed by atoms with Crippen molar-refractivity contribution < 1.29 is 4.79 Å². The lowest BCUT2D eigenvalue weighted by atomic mass is 10.0. The zero-order valence-corrected chi connectivity index (χ0v) is 19.1. The molecule has 0 atom stereocenters. The number of hydrogen-bond donors (Lipinski definition) is 1. The van der Waals surface area contributed by atoms with Crippen molar-refractivity contribution in [1.29, 1.82) is 5.26 Å². The fraction of sp³-hybridized carbons (Fsp3) is 0.200. The Bertz CT molecular complexity index is 1130. The highest BCUT2D eigenvalue weighted by Gasteiger charge is 2.14. The number of carbonyl (C=O) groups excluding carboxylic acids is 1. The SMILES string of the molecule is Cc1cc(/C=C(/C#N)C(=O)Nc2ccc(Br)cc2)c(C)n1-c1ccc(C(C)C)cc1. The first-order chi connectivity index (χ1) is 14.3. The van der Waals surface area contributed by atoms with Gasteiger partial charge in [-0.3, -0.25) is 4.79 Å². The number of aryl methyl sites for hydroxylation is 1. The van der Waals surface area contributed by atoms with Gasteiger partial charge in [-0.25, -0.2) is 0 Å². The minimum Gasteiger partial charge on any atom is -0.321 e. The molecule has 0 aliphatic rings. The Kier molecular flexibility index (Phi) is 6.59. The third-order valence-corrected chi connectivity index (χ3v) is 5.58. The lowest BCUT2D eigenvalue weighted by Crippen LogP contribution is -2.13. The molecule has 3 rings (SSSR count). The zero-order valence-electron chi connectivity index (χ0n) is 17.5. The van der Waals surface area contributed by atoms with E-state index in [1.54, 1.807) is 18.2 Å². The minimum absolute atomic E-state index is 0.0633. The number of carbonyl (C=O) groups is 1. The molecule has 1 N–H and O–H groups in total. The van der Waals surface area contributed by atoms with Crippen molar-refractivity contribution in [2.45, 2.75) is 33.6 Å². The van der Waals surface area contributed by atoms with Gasteiger partial charge in [0.15, 0.2) is 0 Å². The van der Waals surface area contributed by atoms with E-state index in [1.165, 1.54) is 5.56 Å². The molecule has 1 heterocycles. The Hall–Kier alpha value is -3.10. The first-order valence-electron chi connectivity index (χ1n) is 9.78. The second-order valence-electron chi connectivity index (χ2n) is 7.54. The van der Waals surface area contributed by atoms with Crippen LogP contribution >= 0.6 is 15.9 Å². The smallest absolute Gasteiger partial charge is 0.266 e. The Balaban J connectivity index is 1.90. The number of nitriles is 1. The average molecular weight is 462 g/mol. The molecular formula is C25H24BrN3O. The maximum atomic E-state index is 12.6. The molecule has 0 fully saturated rings. The predicted molar refractivity (Wildman–Crippen MR) is 126 cm³/mol. The molecule has 1 aromatic heterocycles. The quantitative estimate of drug-likeness (QED) is 0.346. The molecule has 0 radical (unpaired) electrons. The van der Waals surface area contributed by atoms with Crippen LogP contribution in [0.4, 0.5) is 5.69 Å². The van der Waals surface area contributed by atoms with Crippen LogP contribution in [-0.2, 0) is 4.79 Å². The summed E-state index contributed by atoms with van der Waals surface area (Å²) in [4.78, 5) is 12.6. The van der Waals surface area contributed by atoms with Crippen molar-refractivity contribution in [2.24, 2.45) is 0 Å². The highest BCUT2D eigenvalue weighted by atomic mass is 79.9. The van der Waals surface area contributed by atoms with E-state index < -0.39 is 5.91 Å². The predicted octanol–water partition coefficient (Wildman–Crippen LogP) is 6.53. The lowest BCUT2D eigenvalue weighted by Gasteiger charge is -2.12. The Morgan fingerprint density at radius 1 is 1.10 bits per heavy atom. The number of benzene rings is 2. The van der Waals surface area contributed by atoms with Gasteiger partial charge in [0.2, 0.25) is 0 Å². The van der Waals surface area contributed by atoms with Crippen molar-refractivity contribution in [3.8, 4) is 11.8 Å². The van der Waals surface area contributed by atoms with Crippen LogP contribution in [0.1, 0.15) is 42.3 Å². The van der Waals surface area contributed by atoms with Gasteiger partial charge >= 0.3 is 0 Å². The molecule has 0 bridgehead atoms. The van der Waals surface area contributed by atoms with E-state index in [1.807, 2.05) is 38.1 Å². The molecule has 0 unspecified atom stereocenters. The molecule has 0 aliphatic heterocycles. The Labute approximate surface area is 186 Å². The van der Waals surface area contributed by atoms with Crippen LogP contribution in [0.5, 0.6) is 0 Å². The van der Waals surface area contributed by atoms with E-state index in [0.717, 1.165) is 27.1 Å². The van der Waals surface area contributed by atoms with E-state index in [2.05, 4.69) is 63.9 Å². The molecular weight excluding hydrogens is 438 g/mol. The monoisotopic (exact) mass is 461 g/mol. The van der Waals surface area contributed by atoms with Gasteiger partial charge in [-0.2, -0.15) is 5.26 Å². The molecule has 152 valence electrons. The van der Waals surface area contributed by atoms with Crippen molar-refractivity contribution in [3.63, 3.8) is 0 Å². The van der Waals surface area contributed by atoms with Crippen molar-refractivity contribution in [2.75, 3.05) is 5.32 Å². The lowest BCUT2D eigenvalue weighted by molar-refractivity contribution is -0.112. The largest absolute Gasteiger partial charge is 0.321 e. The summed E-state index contributed by atoms with van der Waals surface area (Å²) in [6.07, 6.45) is 1.65. The molecule has 0 aliphatic carbocycles. The summed E-state index contributed by atoms with van der Waals surface area (Å²) in [6, 6.07) is 19.8. The number of hydrogen-bond acceptors (Lipinski definition) is 2. The number of halogens is 1. The van der Waals surface area contributed by atoms with E-state index in [4.69, 9.17) is 0 Å². The van der Waals surface area contributed by atoms with Gasteiger partial charge in [0, 0.05) is 27.2 Å². The molecule has 5 heteroatoms. The van der Waals surface area contributed by atoms with Gasteiger partial charge in [0.25, 0.3) is 5.91 Å². The van der Waals surface area contributed by atoms with Gasteiger partial charge < -0.3 is 9.88 Å². The topological polar surface area (TPSA) is 57.8 Å². The average Bonchev–Trinajstić information content (AvgIpc) is 3.00. The number of amides is 1. The number of nitrogens with zero attached hydrogens (tertiary/aromatic N) is 2. The van der Waals surface area contributed by atoms with Gasteiger partial charge in [-0.1, -0.05) is 41.9 Å². The van der Waals surface area contributed by atoms with Crippen LogP contribution in [0.3, 0.4) is 0 Å². The van der Waals surface area contributed by atoms with Gasteiger partial charge in [-0.15, -0.1) is 0 Å². The Morgan fingerprint density at radius 3 is 2.30 bits per heavy atom. The number of rotatable bonds is 5. The second kappa shape index (κ2) is 9.15. The molecule has 3 aromatic rings. The van der Waals surface area contributed by atoms with Crippen molar-refractivity contribution in [3.05, 3.63) is 87.2 Å². The molecule has 0 saturated carbocycles. The molecule has 4 nitrogen and oxygen atoms in total. The fourth-order valence-electron chi connectivity index (χ4n) is 3.38. The van der Waals surface area contributed by atoms with E-state index in [9.17, 15) is 10.1 Å². The maximum absolute atomic E-state index is 12.6. The van der Waals surface area contributed by atoms with Crippen LogP contribution in [0, 0.1) is 25.2 Å². The second-order valence-corrected chi connectivity index (χ2v) is 8.45. The highest BCUT2D eigenvalue weighted by Crippen LogP contribution is 2.25. The van der Waals surface area contributed by atoms with Crippen LogP contribution in [0.25, 0.3) is 11.8 Å². The molecule has 1 amide bonds. The summed E-state index contributed by atoms with van der Waals surface area (Å²) in [6.45, 7) is 8.37. The summed E-state index contributed by atoms with van der Waals surface area (Å²) < 4.78 is 3.06. The van der Waals surface area contributed by atoms with Crippen molar-refractivity contribution >= 4 is 33.6 Å². The summed E-state index contributed by atoms with van der Waals surface area (Å²) in [7, 11) is 0. The summed E-state index contributed by atoms with van der Waals surface area (Å²) in [5, 5.41) is 12.3. The van der Waals surface area contributed by atoms with Gasteiger partial charge in [-0.05, 0) is 79.4 Å². The normalized spacial score (nSPS) is 11.4. The van der Waals surface area contributed by atoms with E-state index in [-0.39, 0.29) is 5.57 Å². The van der Waals surface area contributed by atoms with Crippen LogP contribution < -0.4 is 5.32 Å². The van der Waals surface area contributed by atoms with Gasteiger partial charge in [0.1, 0.15) is 11.6 Å². The molecule has 2 aromatic carbocycles. The zero-order chi connectivity index (χ0) is 21.8. The fourth-order valence-corrected chi connectivity index (χ4v) is 3.64. The van der Waals surface area contributed by atoms with Gasteiger partial charge in [0.05, 0.1) is 0 Å². The van der Waals surface area contributed by atoms with Crippen LogP contribution in [0.2, 0.25) is 0 Å². The maximum Gasteiger partial charge on any atom is 0.266 e. The third-order valence-electron chi connectivity index (χ3n) is 5.06.